The molecule has 0 aromatic heterocycles. The summed E-state index contributed by atoms with van der Waals surface area (Å²) in [6.45, 7) is 2.36. The molecule has 1 atom stereocenters. The fourth-order valence-corrected chi connectivity index (χ4v) is 1.03. The lowest BCUT2D eigenvalue weighted by atomic mass is 10.2. The van der Waals surface area contributed by atoms with Crippen LogP contribution in [0.15, 0.2) is 0 Å². The van der Waals surface area contributed by atoms with E-state index in [4.69, 9.17) is 9.84 Å². The van der Waals surface area contributed by atoms with Crippen LogP contribution in [0.1, 0.15) is 19.3 Å². The Balaban J connectivity index is 2.97. The number of nitrogens with one attached hydrogen (secondary N) is 1. The van der Waals surface area contributed by atoms with Gasteiger partial charge < -0.3 is 20.3 Å². The van der Waals surface area contributed by atoms with E-state index in [0.29, 0.717) is 13.0 Å². The molecule has 80 valence electrons. The minimum atomic E-state index is -0.365. The van der Waals surface area contributed by atoms with Crippen molar-refractivity contribution in [3.8, 4) is 0 Å². The monoisotopic (exact) mass is 191 g/mol. The van der Waals surface area contributed by atoms with E-state index in [1.54, 1.807) is 7.11 Å². The molecule has 3 N–H and O–H groups in total. The molecule has 0 spiro atoms. The largest absolute Gasteiger partial charge is 0.396 e. The SMILES string of the molecule is COCC(O)CCNCCCCO. The van der Waals surface area contributed by atoms with E-state index in [0.717, 1.165) is 25.9 Å². The Labute approximate surface area is 79.9 Å². The number of hydrogen-bond donors (Lipinski definition) is 3. The predicted octanol–water partition coefficient (Wildman–Crippen LogP) is -0.254. The molecule has 0 aromatic rings. The lowest BCUT2D eigenvalue weighted by Crippen LogP contribution is -2.24. The molecule has 0 aromatic carbocycles. The molecule has 0 heterocycles. The second-order valence-corrected chi connectivity index (χ2v) is 3.08. The van der Waals surface area contributed by atoms with Crippen LogP contribution in [-0.4, -0.2) is 49.7 Å². The third-order valence-corrected chi connectivity index (χ3v) is 1.78. The van der Waals surface area contributed by atoms with Crippen LogP contribution in [0.25, 0.3) is 0 Å². The average Bonchev–Trinajstić information content (AvgIpc) is 2.11. The van der Waals surface area contributed by atoms with Gasteiger partial charge in [0.15, 0.2) is 0 Å². The van der Waals surface area contributed by atoms with Gasteiger partial charge in [-0.2, -0.15) is 0 Å². The van der Waals surface area contributed by atoms with Crippen molar-refractivity contribution in [2.75, 3.05) is 33.4 Å². The zero-order valence-corrected chi connectivity index (χ0v) is 8.33. The highest BCUT2D eigenvalue weighted by molar-refractivity contribution is 4.56. The fraction of sp³-hybridized carbons (Fsp3) is 1.00. The molecule has 0 bridgehead atoms. The van der Waals surface area contributed by atoms with Crippen LogP contribution in [0.4, 0.5) is 0 Å². The fourth-order valence-electron chi connectivity index (χ4n) is 1.03. The molecule has 0 rings (SSSR count). The predicted molar refractivity (Wildman–Crippen MR) is 51.7 cm³/mol. The van der Waals surface area contributed by atoms with Gasteiger partial charge in [0.25, 0.3) is 0 Å². The van der Waals surface area contributed by atoms with Gasteiger partial charge in [-0.25, -0.2) is 0 Å². The van der Waals surface area contributed by atoms with E-state index in [1.165, 1.54) is 0 Å². The Kier molecular flexibility index (Phi) is 9.80. The topological polar surface area (TPSA) is 61.7 Å². The average molecular weight is 191 g/mol. The lowest BCUT2D eigenvalue weighted by Gasteiger charge is -2.09. The van der Waals surface area contributed by atoms with Gasteiger partial charge in [-0.05, 0) is 32.4 Å². The molecule has 0 aliphatic carbocycles. The highest BCUT2D eigenvalue weighted by atomic mass is 16.5. The summed E-state index contributed by atoms with van der Waals surface area (Å²) in [5.74, 6) is 0. The molecule has 0 amide bonds. The molecule has 1 unspecified atom stereocenters. The highest BCUT2D eigenvalue weighted by Gasteiger charge is 2.01. The Morgan fingerprint density at radius 3 is 2.69 bits per heavy atom. The molecule has 0 aliphatic rings. The molecular formula is C9H21NO3. The van der Waals surface area contributed by atoms with E-state index in [-0.39, 0.29) is 12.7 Å². The minimum absolute atomic E-state index is 0.258. The number of aliphatic hydroxyl groups excluding tert-OH is 2. The molecule has 4 nitrogen and oxygen atoms in total. The number of ether oxygens (including phenoxy) is 1. The first-order chi connectivity index (χ1) is 6.31. The molecule has 0 radical (unpaired) electrons. The molecule has 13 heavy (non-hydrogen) atoms. The first kappa shape index (κ1) is 12.8. The summed E-state index contributed by atoms with van der Waals surface area (Å²) in [5.41, 5.74) is 0. The molecule has 0 saturated carbocycles. The van der Waals surface area contributed by atoms with Crippen molar-refractivity contribution in [1.82, 2.24) is 5.32 Å². The van der Waals surface area contributed by atoms with Gasteiger partial charge in [0.1, 0.15) is 0 Å². The standard InChI is InChI=1S/C9H21NO3/c1-13-8-9(12)4-6-10-5-2-3-7-11/h9-12H,2-8H2,1H3. The summed E-state index contributed by atoms with van der Waals surface area (Å²) in [6, 6.07) is 0. The lowest BCUT2D eigenvalue weighted by molar-refractivity contribution is 0.0594. The Morgan fingerprint density at radius 2 is 2.08 bits per heavy atom. The van der Waals surface area contributed by atoms with E-state index in [1.807, 2.05) is 0 Å². The molecule has 4 heteroatoms. The van der Waals surface area contributed by atoms with E-state index in [9.17, 15) is 5.11 Å². The van der Waals surface area contributed by atoms with Gasteiger partial charge in [-0.15, -0.1) is 0 Å². The molecular weight excluding hydrogens is 170 g/mol. The number of methoxy groups -OCH3 is 1. The molecule has 0 fully saturated rings. The van der Waals surface area contributed by atoms with Crippen molar-refractivity contribution in [2.45, 2.75) is 25.4 Å². The van der Waals surface area contributed by atoms with Gasteiger partial charge in [-0.3, -0.25) is 0 Å². The van der Waals surface area contributed by atoms with Gasteiger partial charge in [0, 0.05) is 13.7 Å². The smallest absolute Gasteiger partial charge is 0.0785 e. The number of hydrogen-bond acceptors (Lipinski definition) is 4. The van der Waals surface area contributed by atoms with Crippen molar-refractivity contribution in [2.24, 2.45) is 0 Å². The van der Waals surface area contributed by atoms with Crippen LogP contribution < -0.4 is 5.32 Å². The van der Waals surface area contributed by atoms with Gasteiger partial charge in [0.2, 0.25) is 0 Å². The number of aliphatic hydroxyl groups is 2. The quantitative estimate of drug-likeness (QED) is 0.440. The zero-order chi connectivity index (χ0) is 9.94. The van der Waals surface area contributed by atoms with Crippen LogP contribution in [0.3, 0.4) is 0 Å². The summed E-state index contributed by atoms with van der Waals surface area (Å²) in [5, 5.41) is 20.9. The highest BCUT2D eigenvalue weighted by Crippen LogP contribution is 1.90. The summed E-state index contributed by atoms with van der Waals surface area (Å²) in [7, 11) is 1.58. The summed E-state index contributed by atoms with van der Waals surface area (Å²) in [6.07, 6.45) is 2.17. The maximum Gasteiger partial charge on any atom is 0.0785 e. The normalized spacial score (nSPS) is 13.2. The first-order valence-electron chi connectivity index (χ1n) is 4.79. The van der Waals surface area contributed by atoms with E-state index in [2.05, 4.69) is 5.32 Å². The van der Waals surface area contributed by atoms with Gasteiger partial charge in [-0.1, -0.05) is 0 Å². The van der Waals surface area contributed by atoms with Crippen molar-refractivity contribution in [1.29, 1.82) is 0 Å². The maximum atomic E-state index is 9.25. The summed E-state index contributed by atoms with van der Waals surface area (Å²) < 4.78 is 4.79. The third kappa shape index (κ3) is 9.76. The Hall–Kier alpha value is -0.160. The van der Waals surface area contributed by atoms with Gasteiger partial charge >= 0.3 is 0 Å². The Bertz CT molecular complexity index is 101. The number of unbranched alkanes of at least 4 members (excludes halogenated alkanes) is 1. The molecule has 0 aliphatic heterocycles. The van der Waals surface area contributed by atoms with Crippen molar-refractivity contribution < 1.29 is 14.9 Å². The third-order valence-electron chi connectivity index (χ3n) is 1.78. The second-order valence-electron chi connectivity index (χ2n) is 3.08. The minimum Gasteiger partial charge on any atom is -0.396 e. The van der Waals surface area contributed by atoms with Crippen LogP contribution in [0.5, 0.6) is 0 Å². The zero-order valence-electron chi connectivity index (χ0n) is 8.33. The maximum absolute atomic E-state index is 9.25. The van der Waals surface area contributed by atoms with Crippen molar-refractivity contribution in [3.63, 3.8) is 0 Å². The van der Waals surface area contributed by atoms with E-state index < -0.39 is 0 Å². The summed E-state index contributed by atoms with van der Waals surface area (Å²) >= 11 is 0. The first-order valence-corrected chi connectivity index (χ1v) is 4.79. The second kappa shape index (κ2) is 9.92. The van der Waals surface area contributed by atoms with Crippen molar-refractivity contribution >= 4 is 0 Å². The van der Waals surface area contributed by atoms with Crippen molar-refractivity contribution in [3.05, 3.63) is 0 Å². The van der Waals surface area contributed by atoms with E-state index >= 15 is 0 Å². The van der Waals surface area contributed by atoms with Crippen LogP contribution in [0.2, 0.25) is 0 Å². The van der Waals surface area contributed by atoms with Gasteiger partial charge in [0.05, 0.1) is 12.7 Å². The Morgan fingerprint density at radius 1 is 1.31 bits per heavy atom. The number of rotatable bonds is 9. The molecule has 0 saturated heterocycles. The van der Waals surface area contributed by atoms with Crippen LogP contribution in [-0.2, 0) is 4.74 Å². The van der Waals surface area contributed by atoms with Crippen LogP contribution >= 0.6 is 0 Å². The summed E-state index contributed by atoms with van der Waals surface area (Å²) in [4.78, 5) is 0. The van der Waals surface area contributed by atoms with Crippen LogP contribution in [0, 0.1) is 0 Å².